The second-order valence-electron chi connectivity index (χ2n) is 3.40. The SMILES string of the molecule is NC1CN(c2nccc(C(F)(F)F)n2)C1. The maximum Gasteiger partial charge on any atom is 0.433 e. The van der Waals surface area contributed by atoms with E-state index in [1.54, 1.807) is 4.90 Å². The molecule has 2 N–H and O–H groups in total. The quantitative estimate of drug-likeness (QED) is 0.751. The highest BCUT2D eigenvalue weighted by atomic mass is 19.4. The van der Waals surface area contributed by atoms with Gasteiger partial charge in [0.2, 0.25) is 5.95 Å². The lowest BCUT2D eigenvalue weighted by Crippen LogP contribution is -2.56. The Balaban J connectivity index is 2.20. The van der Waals surface area contributed by atoms with Crippen LogP contribution in [0.4, 0.5) is 19.1 Å². The van der Waals surface area contributed by atoms with Gasteiger partial charge in [-0.2, -0.15) is 13.2 Å². The normalized spacial score (nSPS) is 17.7. The molecule has 1 fully saturated rings. The topological polar surface area (TPSA) is 55.0 Å². The van der Waals surface area contributed by atoms with Gasteiger partial charge in [0.05, 0.1) is 0 Å². The molecule has 1 saturated heterocycles. The van der Waals surface area contributed by atoms with Crippen LogP contribution in [0.3, 0.4) is 0 Å². The molecule has 7 heteroatoms. The predicted octanol–water partition coefficient (Wildman–Crippen LogP) is 0.643. The molecule has 1 aromatic heterocycles. The van der Waals surface area contributed by atoms with Gasteiger partial charge in [-0.25, -0.2) is 9.97 Å². The van der Waals surface area contributed by atoms with Crippen LogP contribution >= 0.6 is 0 Å². The van der Waals surface area contributed by atoms with E-state index < -0.39 is 11.9 Å². The first-order valence-electron chi connectivity index (χ1n) is 4.37. The van der Waals surface area contributed by atoms with Crippen LogP contribution in [0.1, 0.15) is 5.69 Å². The molecule has 2 rings (SSSR count). The van der Waals surface area contributed by atoms with Crippen LogP contribution in [0.2, 0.25) is 0 Å². The number of anilines is 1. The minimum Gasteiger partial charge on any atom is -0.338 e. The summed E-state index contributed by atoms with van der Waals surface area (Å²) >= 11 is 0. The summed E-state index contributed by atoms with van der Waals surface area (Å²) in [5.74, 6) is 0.0894. The fourth-order valence-electron chi connectivity index (χ4n) is 1.33. The molecule has 0 bridgehead atoms. The summed E-state index contributed by atoms with van der Waals surface area (Å²) in [4.78, 5) is 8.81. The summed E-state index contributed by atoms with van der Waals surface area (Å²) in [6.45, 7) is 1.00. The lowest BCUT2D eigenvalue weighted by atomic mass is 10.1. The van der Waals surface area contributed by atoms with Crippen LogP contribution in [0.15, 0.2) is 12.3 Å². The first-order chi connectivity index (χ1) is 6.97. The summed E-state index contributed by atoms with van der Waals surface area (Å²) in [5.41, 5.74) is 4.59. The van der Waals surface area contributed by atoms with Crippen molar-refractivity contribution < 1.29 is 13.2 Å². The average molecular weight is 218 g/mol. The van der Waals surface area contributed by atoms with E-state index in [-0.39, 0.29) is 12.0 Å². The molecule has 0 unspecified atom stereocenters. The smallest absolute Gasteiger partial charge is 0.338 e. The fraction of sp³-hybridized carbons (Fsp3) is 0.500. The third-order valence-corrected chi connectivity index (χ3v) is 2.13. The van der Waals surface area contributed by atoms with Crippen LogP contribution in [0, 0.1) is 0 Å². The van der Waals surface area contributed by atoms with Crippen molar-refractivity contribution >= 4 is 5.95 Å². The maximum absolute atomic E-state index is 12.3. The van der Waals surface area contributed by atoms with E-state index in [9.17, 15) is 13.2 Å². The first kappa shape index (κ1) is 10.2. The van der Waals surface area contributed by atoms with Crippen molar-refractivity contribution in [2.24, 2.45) is 5.73 Å². The molecule has 0 radical (unpaired) electrons. The zero-order valence-corrected chi connectivity index (χ0v) is 7.70. The van der Waals surface area contributed by atoms with E-state index >= 15 is 0 Å². The van der Waals surface area contributed by atoms with Crippen molar-refractivity contribution in [1.29, 1.82) is 0 Å². The van der Waals surface area contributed by atoms with E-state index in [4.69, 9.17) is 5.73 Å². The Kier molecular flexibility index (Phi) is 2.26. The summed E-state index contributed by atoms with van der Waals surface area (Å²) in [6.07, 6.45) is -3.32. The lowest BCUT2D eigenvalue weighted by Gasteiger charge is -2.36. The number of rotatable bonds is 1. The molecule has 0 spiro atoms. The molecule has 82 valence electrons. The standard InChI is InChI=1S/C8H9F3N4/c9-8(10,11)6-1-2-13-7(14-6)15-3-5(12)4-15/h1-2,5H,3-4,12H2. The molecular weight excluding hydrogens is 209 g/mol. The molecule has 15 heavy (non-hydrogen) atoms. The molecule has 1 aromatic rings. The second kappa shape index (κ2) is 3.34. The Morgan fingerprint density at radius 2 is 2.07 bits per heavy atom. The van der Waals surface area contributed by atoms with E-state index in [1.165, 1.54) is 0 Å². The summed E-state index contributed by atoms with van der Waals surface area (Å²) < 4.78 is 36.9. The summed E-state index contributed by atoms with van der Waals surface area (Å²) in [6, 6.07) is 0.853. The summed E-state index contributed by atoms with van der Waals surface area (Å²) in [7, 11) is 0. The maximum atomic E-state index is 12.3. The van der Waals surface area contributed by atoms with Crippen LogP contribution < -0.4 is 10.6 Å². The van der Waals surface area contributed by atoms with Gasteiger partial charge in [0.1, 0.15) is 5.69 Å². The zero-order valence-electron chi connectivity index (χ0n) is 7.70. The number of halogens is 3. The molecular formula is C8H9F3N4. The predicted molar refractivity (Wildman–Crippen MR) is 47.2 cm³/mol. The Morgan fingerprint density at radius 3 is 2.60 bits per heavy atom. The number of hydrogen-bond donors (Lipinski definition) is 1. The molecule has 1 aliphatic heterocycles. The molecule has 0 aromatic carbocycles. The number of nitrogens with zero attached hydrogens (tertiary/aromatic N) is 3. The molecule has 0 saturated carbocycles. The third kappa shape index (κ3) is 2.01. The van der Waals surface area contributed by atoms with Crippen molar-refractivity contribution in [2.75, 3.05) is 18.0 Å². The van der Waals surface area contributed by atoms with Gasteiger partial charge >= 0.3 is 6.18 Å². The van der Waals surface area contributed by atoms with Gasteiger partial charge in [-0.05, 0) is 6.07 Å². The molecule has 0 atom stereocenters. The molecule has 4 nitrogen and oxygen atoms in total. The number of nitrogens with two attached hydrogens (primary N) is 1. The van der Waals surface area contributed by atoms with Crippen molar-refractivity contribution in [1.82, 2.24) is 9.97 Å². The van der Waals surface area contributed by atoms with E-state index in [0.717, 1.165) is 12.3 Å². The van der Waals surface area contributed by atoms with Gasteiger partial charge in [-0.15, -0.1) is 0 Å². The van der Waals surface area contributed by atoms with Gasteiger partial charge < -0.3 is 10.6 Å². The Labute approximate surface area is 83.9 Å². The number of alkyl halides is 3. The Bertz CT molecular complexity index is 359. The van der Waals surface area contributed by atoms with Gasteiger partial charge in [-0.1, -0.05) is 0 Å². The minimum absolute atomic E-state index is 0.00291. The first-order valence-corrected chi connectivity index (χ1v) is 4.37. The van der Waals surface area contributed by atoms with Crippen LogP contribution in [-0.4, -0.2) is 29.1 Å². The lowest BCUT2D eigenvalue weighted by molar-refractivity contribution is -0.141. The average Bonchev–Trinajstić information content (AvgIpc) is 2.12. The van der Waals surface area contributed by atoms with Gasteiger partial charge in [-0.3, -0.25) is 0 Å². The van der Waals surface area contributed by atoms with Gasteiger partial charge in [0.25, 0.3) is 0 Å². The highest BCUT2D eigenvalue weighted by molar-refractivity contribution is 5.35. The monoisotopic (exact) mass is 218 g/mol. The fourth-order valence-corrected chi connectivity index (χ4v) is 1.33. The molecule has 2 heterocycles. The number of hydrogen-bond acceptors (Lipinski definition) is 4. The van der Waals surface area contributed by atoms with Crippen molar-refractivity contribution in [2.45, 2.75) is 12.2 Å². The van der Waals surface area contributed by atoms with E-state index in [1.807, 2.05) is 0 Å². The van der Waals surface area contributed by atoms with Crippen molar-refractivity contribution in [3.63, 3.8) is 0 Å². The van der Waals surface area contributed by atoms with E-state index in [2.05, 4.69) is 9.97 Å². The Hall–Kier alpha value is -1.37. The molecule has 1 aliphatic rings. The van der Waals surface area contributed by atoms with Crippen LogP contribution in [-0.2, 0) is 6.18 Å². The molecule has 0 amide bonds. The van der Waals surface area contributed by atoms with Gasteiger partial charge in [0, 0.05) is 25.3 Å². The summed E-state index contributed by atoms with van der Waals surface area (Å²) in [5, 5.41) is 0. The second-order valence-corrected chi connectivity index (χ2v) is 3.40. The van der Waals surface area contributed by atoms with E-state index in [0.29, 0.717) is 13.1 Å². The largest absolute Gasteiger partial charge is 0.433 e. The highest BCUT2D eigenvalue weighted by Gasteiger charge is 2.34. The third-order valence-electron chi connectivity index (χ3n) is 2.13. The molecule has 0 aliphatic carbocycles. The highest BCUT2D eigenvalue weighted by Crippen LogP contribution is 2.28. The van der Waals surface area contributed by atoms with Crippen molar-refractivity contribution in [3.8, 4) is 0 Å². The van der Waals surface area contributed by atoms with Crippen molar-refractivity contribution in [3.05, 3.63) is 18.0 Å². The van der Waals surface area contributed by atoms with Crippen LogP contribution in [0.5, 0.6) is 0 Å². The minimum atomic E-state index is -4.43. The van der Waals surface area contributed by atoms with Gasteiger partial charge in [0.15, 0.2) is 0 Å². The Morgan fingerprint density at radius 1 is 1.40 bits per heavy atom. The zero-order chi connectivity index (χ0) is 11.1. The van der Waals surface area contributed by atoms with Crippen LogP contribution in [0.25, 0.3) is 0 Å². The number of aromatic nitrogens is 2.